The van der Waals surface area contributed by atoms with Gasteiger partial charge in [0.15, 0.2) is 0 Å². The summed E-state index contributed by atoms with van der Waals surface area (Å²) in [5.41, 5.74) is 1.81. The first-order valence-electron chi connectivity index (χ1n) is 6.22. The Morgan fingerprint density at radius 3 is 2.32 bits per heavy atom. The van der Waals surface area contributed by atoms with Crippen molar-refractivity contribution in [1.29, 1.82) is 0 Å². The molecule has 1 heterocycles. The van der Waals surface area contributed by atoms with E-state index in [4.69, 9.17) is 5.11 Å². The van der Waals surface area contributed by atoms with E-state index in [2.05, 4.69) is 10.2 Å². The van der Waals surface area contributed by atoms with Crippen LogP contribution < -0.4 is 10.2 Å². The predicted molar refractivity (Wildman–Crippen MR) is 73.3 cm³/mol. The van der Waals surface area contributed by atoms with Crippen LogP contribution in [0.25, 0.3) is 0 Å². The average molecular weight is 260 g/mol. The summed E-state index contributed by atoms with van der Waals surface area (Å²) in [6.07, 6.45) is 4.25. The Hall–Kier alpha value is -2.30. The minimum absolute atomic E-state index is 0.448. The molecule has 2 rings (SSSR count). The van der Waals surface area contributed by atoms with E-state index in [1.54, 1.807) is 0 Å². The predicted octanol–water partition coefficient (Wildman–Crippen LogP) is 1.87. The molecule has 0 radical (unpaired) electrons. The molecule has 5 nitrogen and oxygen atoms in total. The monoisotopic (exact) mass is 260 g/mol. The van der Waals surface area contributed by atoms with E-state index in [9.17, 15) is 9.59 Å². The quantitative estimate of drug-likeness (QED) is 0.811. The molecule has 100 valence electrons. The highest BCUT2D eigenvalue weighted by Crippen LogP contribution is 2.21. The molecule has 1 fully saturated rings. The van der Waals surface area contributed by atoms with Gasteiger partial charge in [0.2, 0.25) is 5.91 Å². The third-order valence-electron chi connectivity index (χ3n) is 2.98. The lowest BCUT2D eigenvalue weighted by atomic mass is 10.2. The minimum atomic E-state index is -1.14. The lowest BCUT2D eigenvalue weighted by Gasteiger charge is -2.17. The standard InChI is InChI=1S/C14H16N2O3/c17-13(7-8-14(18)19)15-11-3-5-12(6-4-11)16-9-1-2-10-16/h3-8H,1-2,9-10H2,(H,15,17)(H,18,19)/b8-7+. The molecule has 0 bridgehead atoms. The molecule has 2 N–H and O–H groups in total. The number of carbonyl (C=O) groups is 2. The van der Waals surface area contributed by atoms with Gasteiger partial charge in [-0.3, -0.25) is 4.79 Å². The molecule has 1 saturated heterocycles. The molecule has 5 heteroatoms. The molecule has 0 aromatic heterocycles. The number of aliphatic carboxylic acids is 1. The zero-order valence-electron chi connectivity index (χ0n) is 10.5. The average Bonchev–Trinajstić information content (AvgIpc) is 2.91. The number of carboxylic acids is 1. The van der Waals surface area contributed by atoms with Crippen LogP contribution >= 0.6 is 0 Å². The van der Waals surface area contributed by atoms with Gasteiger partial charge in [-0.25, -0.2) is 4.79 Å². The lowest BCUT2D eigenvalue weighted by molar-refractivity contribution is -0.131. The van der Waals surface area contributed by atoms with Crippen LogP contribution in [0.1, 0.15) is 12.8 Å². The van der Waals surface area contributed by atoms with Crippen molar-refractivity contribution in [3.05, 3.63) is 36.4 Å². The van der Waals surface area contributed by atoms with Crippen molar-refractivity contribution in [2.75, 3.05) is 23.3 Å². The number of carbonyl (C=O) groups excluding carboxylic acids is 1. The summed E-state index contributed by atoms with van der Waals surface area (Å²) in [5.74, 6) is -1.59. The Balaban J connectivity index is 1.94. The first kappa shape index (κ1) is 13.1. The fourth-order valence-electron chi connectivity index (χ4n) is 2.06. The molecule has 1 aromatic rings. The SMILES string of the molecule is O=C(O)/C=C/C(=O)Nc1ccc(N2CCCC2)cc1. The summed E-state index contributed by atoms with van der Waals surface area (Å²) in [7, 11) is 0. The lowest BCUT2D eigenvalue weighted by Crippen LogP contribution is -2.17. The third-order valence-corrected chi connectivity index (χ3v) is 2.98. The van der Waals surface area contributed by atoms with E-state index < -0.39 is 11.9 Å². The van der Waals surface area contributed by atoms with Gasteiger partial charge in [0.05, 0.1) is 0 Å². The van der Waals surface area contributed by atoms with Crippen molar-refractivity contribution < 1.29 is 14.7 Å². The number of nitrogens with one attached hydrogen (secondary N) is 1. The summed E-state index contributed by atoms with van der Waals surface area (Å²) in [6, 6.07) is 7.56. The van der Waals surface area contributed by atoms with Crippen molar-refractivity contribution in [2.24, 2.45) is 0 Å². The van der Waals surface area contributed by atoms with E-state index >= 15 is 0 Å². The maximum absolute atomic E-state index is 11.4. The van der Waals surface area contributed by atoms with Gasteiger partial charge >= 0.3 is 5.97 Å². The summed E-state index contributed by atoms with van der Waals surface area (Å²) in [6.45, 7) is 2.15. The van der Waals surface area contributed by atoms with Gasteiger partial charge in [0.25, 0.3) is 0 Å². The molecule has 1 aliphatic heterocycles. The van der Waals surface area contributed by atoms with Crippen LogP contribution in [0.2, 0.25) is 0 Å². The van der Waals surface area contributed by atoms with Gasteiger partial charge in [-0.2, -0.15) is 0 Å². The molecule has 1 aromatic carbocycles. The number of anilines is 2. The van der Waals surface area contributed by atoms with Crippen LogP contribution in [0.3, 0.4) is 0 Å². The van der Waals surface area contributed by atoms with E-state index in [-0.39, 0.29) is 0 Å². The summed E-state index contributed by atoms with van der Waals surface area (Å²) < 4.78 is 0. The van der Waals surface area contributed by atoms with Gasteiger partial charge in [-0.1, -0.05) is 0 Å². The molecule has 0 atom stereocenters. The van der Waals surface area contributed by atoms with Crippen molar-refractivity contribution >= 4 is 23.3 Å². The zero-order valence-corrected chi connectivity index (χ0v) is 10.5. The Morgan fingerprint density at radius 2 is 1.74 bits per heavy atom. The highest BCUT2D eigenvalue weighted by atomic mass is 16.4. The topological polar surface area (TPSA) is 69.6 Å². The van der Waals surface area contributed by atoms with Crippen molar-refractivity contribution in [2.45, 2.75) is 12.8 Å². The van der Waals surface area contributed by atoms with Crippen molar-refractivity contribution in [1.82, 2.24) is 0 Å². The van der Waals surface area contributed by atoms with Gasteiger partial charge < -0.3 is 15.3 Å². The molecular formula is C14H16N2O3. The molecule has 0 spiro atoms. The van der Waals surface area contributed by atoms with Gasteiger partial charge in [0.1, 0.15) is 0 Å². The molecule has 0 saturated carbocycles. The summed E-state index contributed by atoms with van der Waals surface area (Å²) in [5, 5.41) is 11.0. The van der Waals surface area contributed by atoms with E-state index in [1.807, 2.05) is 24.3 Å². The van der Waals surface area contributed by atoms with E-state index in [0.29, 0.717) is 5.69 Å². The molecule has 0 unspecified atom stereocenters. The fraction of sp³-hybridized carbons (Fsp3) is 0.286. The van der Waals surface area contributed by atoms with Crippen LogP contribution in [-0.2, 0) is 9.59 Å². The van der Waals surface area contributed by atoms with Crippen LogP contribution in [0.15, 0.2) is 36.4 Å². The second-order valence-electron chi connectivity index (χ2n) is 4.40. The zero-order chi connectivity index (χ0) is 13.7. The highest BCUT2D eigenvalue weighted by molar-refractivity contribution is 6.02. The van der Waals surface area contributed by atoms with E-state index in [1.165, 1.54) is 12.8 Å². The fourth-order valence-corrected chi connectivity index (χ4v) is 2.06. The van der Waals surface area contributed by atoms with Crippen LogP contribution in [0.4, 0.5) is 11.4 Å². The van der Waals surface area contributed by atoms with Gasteiger partial charge in [0, 0.05) is 36.6 Å². The molecular weight excluding hydrogens is 244 g/mol. The summed E-state index contributed by atoms with van der Waals surface area (Å²) in [4.78, 5) is 24.0. The number of nitrogens with zero attached hydrogens (tertiary/aromatic N) is 1. The van der Waals surface area contributed by atoms with Gasteiger partial charge in [-0.05, 0) is 37.1 Å². The molecule has 0 aliphatic carbocycles. The number of carboxylic acid groups (broad SMARTS) is 1. The number of hydrogen-bond acceptors (Lipinski definition) is 3. The Morgan fingerprint density at radius 1 is 1.11 bits per heavy atom. The highest BCUT2D eigenvalue weighted by Gasteiger charge is 2.11. The third kappa shape index (κ3) is 3.84. The maximum Gasteiger partial charge on any atom is 0.328 e. The smallest absolute Gasteiger partial charge is 0.328 e. The second-order valence-corrected chi connectivity index (χ2v) is 4.40. The number of hydrogen-bond donors (Lipinski definition) is 2. The first-order valence-corrected chi connectivity index (χ1v) is 6.22. The number of rotatable bonds is 4. The molecule has 19 heavy (non-hydrogen) atoms. The van der Waals surface area contributed by atoms with Crippen molar-refractivity contribution in [3.8, 4) is 0 Å². The summed E-state index contributed by atoms with van der Waals surface area (Å²) >= 11 is 0. The Labute approximate surface area is 111 Å². The normalized spacial score (nSPS) is 14.8. The van der Waals surface area contributed by atoms with Gasteiger partial charge in [-0.15, -0.1) is 0 Å². The first-order chi connectivity index (χ1) is 9.15. The maximum atomic E-state index is 11.4. The Bertz CT molecular complexity index is 488. The van der Waals surface area contributed by atoms with E-state index in [0.717, 1.165) is 30.9 Å². The van der Waals surface area contributed by atoms with Crippen LogP contribution in [0, 0.1) is 0 Å². The minimum Gasteiger partial charge on any atom is -0.478 e. The number of benzene rings is 1. The Kier molecular flexibility index (Phi) is 4.18. The van der Waals surface area contributed by atoms with Crippen LogP contribution in [0.5, 0.6) is 0 Å². The molecule has 1 amide bonds. The van der Waals surface area contributed by atoms with Crippen molar-refractivity contribution in [3.63, 3.8) is 0 Å². The number of amides is 1. The largest absolute Gasteiger partial charge is 0.478 e. The second kappa shape index (κ2) is 6.04. The molecule has 1 aliphatic rings. The van der Waals surface area contributed by atoms with Crippen LogP contribution in [-0.4, -0.2) is 30.1 Å².